The van der Waals surface area contributed by atoms with E-state index in [1.54, 1.807) is 17.0 Å². The molecular weight excluding hydrogens is 366 g/mol. The van der Waals surface area contributed by atoms with Crippen molar-refractivity contribution in [2.75, 3.05) is 38.7 Å². The van der Waals surface area contributed by atoms with E-state index in [4.69, 9.17) is 4.74 Å². The van der Waals surface area contributed by atoms with Crippen LogP contribution in [0.4, 0.5) is 5.69 Å². The molecule has 2 aromatic carbocycles. The van der Waals surface area contributed by atoms with Crippen molar-refractivity contribution in [1.82, 2.24) is 10.2 Å². The Labute approximate surface area is 172 Å². The summed E-state index contributed by atoms with van der Waals surface area (Å²) in [5, 5.41) is 2.93. The standard InChI is InChI=1S/C23H29N3O3/c1-25(2)15-16-29-21-12-6-18(7-13-21)17-24-23(28)19-8-10-20(11-9-19)26-14-4-3-5-22(26)27/h6-13H,3-5,14-17H2,1-2H3,(H,24,28). The van der Waals surface area contributed by atoms with Crippen molar-refractivity contribution in [1.29, 1.82) is 0 Å². The van der Waals surface area contributed by atoms with E-state index in [9.17, 15) is 9.59 Å². The first-order valence-electron chi connectivity index (χ1n) is 10.1. The molecule has 6 nitrogen and oxygen atoms in total. The molecule has 0 saturated carbocycles. The van der Waals surface area contributed by atoms with Gasteiger partial charge in [-0.1, -0.05) is 12.1 Å². The van der Waals surface area contributed by atoms with E-state index in [0.717, 1.165) is 42.9 Å². The number of rotatable bonds is 8. The number of carbonyl (C=O) groups is 2. The van der Waals surface area contributed by atoms with Crippen LogP contribution >= 0.6 is 0 Å². The number of hydrogen-bond acceptors (Lipinski definition) is 4. The van der Waals surface area contributed by atoms with Gasteiger partial charge in [-0.15, -0.1) is 0 Å². The highest BCUT2D eigenvalue weighted by atomic mass is 16.5. The summed E-state index contributed by atoms with van der Waals surface area (Å²) in [5.41, 5.74) is 2.45. The maximum absolute atomic E-state index is 12.4. The fourth-order valence-electron chi connectivity index (χ4n) is 3.21. The van der Waals surface area contributed by atoms with Crippen LogP contribution in [0, 0.1) is 0 Å². The maximum Gasteiger partial charge on any atom is 0.251 e. The van der Waals surface area contributed by atoms with E-state index in [-0.39, 0.29) is 11.8 Å². The lowest BCUT2D eigenvalue weighted by Crippen LogP contribution is -2.35. The Morgan fingerprint density at radius 1 is 1.07 bits per heavy atom. The highest BCUT2D eigenvalue weighted by Gasteiger charge is 2.19. The average molecular weight is 396 g/mol. The molecule has 0 atom stereocenters. The predicted octanol–water partition coefficient (Wildman–Crippen LogP) is 3.07. The van der Waals surface area contributed by atoms with E-state index in [0.29, 0.717) is 25.1 Å². The summed E-state index contributed by atoms with van der Waals surface area (Å²) in [6.45, 7) is 2.70. The lowest BCUT2D eigenvalue weighted by molar-refractivity contribution is -0.119. The number of anilines is 1. The van der Waals surface area contributed by atoms with E-state index in [1.807, 2.05) is 50.5 Å². The van der Waals surface area contributed by atoms with Gasteiger partial charge in [0.2, 0.25) is 5.91 Å². The SMILES string of the molecule is CN(C)CCOc1ccc(CNC(=O)c2ccc(N3CCCCC3=O)cc2)cc1. The number of ether oxygens (including phenoxy) is 1. The molecular formula is C23H29N3O3. The molecule has 0 unspecified atom stereocenters. The third-order valence-electron chi connectivity index (χ3n) is 4.95. The molecule has 0 bridgehead atoms. The molecule has 2 aromatic rings. The quantitative estimate of drug-likeness (QED) is 0.746. The first-order chi connectivity index (χ1) is 14.0. The molecule has 6 heteroatoms. The van der Waals surface area contributed by atoms with Crippen LogP contribution in [0.1, 0.15) is 35.2 Å². The van der Waals surface area contributed by atoms with Gasteiger partial charge in [0.1, 0.15) is 12.4 Å². The Morgan fingerprint density at radius 2 is 1.79 bits per heavy atom. The number of carbonyl (C=O) groups excluding carboxylic acids is 2. The largest absolute Gasteiger partial charge is 0.492 e. The van der Waals surface area contributed by atoms with Crippen LogP contribution in [0.15, 0.2) is 48.5 Å². The lowest BCUT2D eigenvalue weighted by atomic mass is 10.1. The molecule has 1 fully saturated rings. The molecule has 3 rings (SSSR count). The second-order valence-corrected chi connectivity index (χ2v) is 7.53. The van der Waals surface area contributed by atoms with E-state index in [2.05, 4.69) is 10.2 Å². The molecule has 154 valence electrons. The minimum Gasteiger partial charge on any atom is -0.492 e. The van der Waals surface area contributed by atoms with Gasteiger partial charge < -0.3 is 19.9 Å². The molecule has 0 spiro atoms. The third kappa shape index (κ3) is 6.06. The summed E-state index contributed by atoms with van der Waals surface area (Å²) in [7, 11) is 4.02. The third-order valence-corrected chi connectivity index (χ3v) is 4.95. The van der Waals surface area contributed by atoms with Crippen molar-refractivity contribution < 1.29 is 14.3 Å². The molecule has 1 saturated heterocycles. The molecule has 0 radical (unpaired) electrons. The minimum atomic E-state index is -0.132. The van der Waals surface area contributed by atoms with Crippen LogP contribution in [0.3, 0.4) is 0 Å². The minimum absolute atomic E-state index is 0.132. The number of amides is 2. The van der Waals surface area contributed by atoms with Crippen LogP contribution in [0.5, 0.6) is 5.75 Å². The molecule has 1 aliphatic heterocycles. The Balaban J connectivity index is 1.49. The number of piperidine rings is 1. The lowest BCUT2D eigenvalue weighted by Gasteiger charge is -2.26. The van der Waals surface area contributed by atoms with Crippen LogP contribution in [-0.2, 0) is 11.3 Å². The van der Waals surface area contributed by atoms with Crippen LogP contribution in [0.25, 0.3) is 0 Å². The molecule has 1 N–H and O–H groups in total. The van der Waals surface area contributed by atoms with E-state index in [1.165, 1.54) is 0 Å². The molecule has 1 aliphatic rings. The van der Waals surface area contributed by atoms with Gasteiger partial charge in [-0.3, -0.25) is 9.59 Å². The fourth-order valence-corrected chi connectivity index (χ4v) is 3.21. The summed E-state index contributed by atoms with van der Waals surface area (Å²) < 4.78 is 5.68. The Hall–Kier alpha value is -2.86. The normalized spacial score (nSPS) is 14.2. The number of likely N-dealkylation sites (N-methyl/N-ethyl adjacent to an activating group) is 1. The second-order valence-electron chi connectivity index (χ2n) is 7.53. The maximum atomic E-state index is 12.4. The monoisotopic (exact) mass is 395 g/mol. The van der Waals surface area contributed by atoms with Crippen molar-refractivity contribution in [2.45, 2.75) is 25.8 Å². The van der Waals surface area contributed by atoms with Gasteiger partial charge in [-0.05, 0) is 68.9 Å². The van der Waals surface area contributed by atoms with Crippen molar-refractivity contribution in [3.63, 3.8) is 0 Å². The first kappa shape index (κ1) is 20.9. The topological polar surface area (TPSA) is 61.9 Å². The summed E-state index contributed by atoms with van der Waals surface area (Å²) in [4.78, 5) is 28.3. The van der Waals surface area contributed by atoms with Crippen LogP contribution in [0.2, 0.25) is 0 Å². The molecule has 1 heterocycles. The van der Waals surface area contributed by atoms with E-state index >= 15 is 0 Å². The van der Waals surface area contributed by atoms with Crippen LogP contribution in [-0.4, -0.2) is 50.5 Å². The summed E-state index contributed by atoms with van der Waals surface area (Å²) in [5.74, 6) is 0.847. The average Bonchev–Trinajstić information content (AvgIpc) is 2.73. The predicted molar refractivity (Wildman–Crippen MR) is 114 cm³/mol. The summed E-state index contributed by atoms with van der Waals surface area (Å²) >= 11 is 0. The summed E-state index contributed by atoms with van der Waals surface area (Å²) in [6, 6.07) is 15.0. The molecule has 0 aromatic heterocycles. The van der Waals surface area contributed by atoms with E-state index < -0.39 is 0 Å². The van der Waals surface area contributed by atoms with Gasteiger partial charge in [0.05, 0.1) is 0 Å². The highest BCUT2D eigenvalue weighted by Crippen LogP contribution is 2.21. The second kappa shape index (κ2) is 10.1. The first-order valence-corrected chi connectivity index (χ1v) is 10.1. The van der Waals surface area contributed by atoms with Gasteiger partial charge in [0, 0.05) is 37.3 Å². The number of benzene rings is 2. The number of nitrogens with zero attached hydrogens (tertiary/aromatic N) is 2. The fraction of sp³-hybridized carbons (Fsp3) is 0.391. The molecule has 2 amide bonds. The van der Waals surface area contributed by atoms with Gasteiger partial charge in [-0.2, -0.15) is 0 Å². The van der Waals surface area contributed by atoms with Gasteiger partial charge in [0.15, 0.2) is 0 Å². The van der Waals surface area contributed by atoms with Crippen molar-refractivity contribution in [2.24, 2.45) is 0 Å². The Bertz CT molecular complexity index is 816. The molecule has 0 aliphatic carbocycles. The van der Waals surface area contributed by atoms with Gasteiger partial charge >= 0.3 is 0 Å². The number of hydrogen-bond donors (Lipinski definition) is 1. The Kier molecular flexibility index (Phi) is 7.25. The number of nitrogens with one attached hydrogen (secondary N) is 1. The Morgan fingerprint density at radius 3 is 2.45 bits per heavy atom. The zero-order valence-corrected chi connectivity index (χ0v) is 17.2. The van der Waals surface area contributed by atoms with Crippen molar-refractivity contribution >= 4 is 17.5 Å². The highest BCUT2D eigenvalue weighted by molar-refractivity contribution is 5.96. The summed E-state index contributed by atoms with van der Waals surface area (Å²) in [6.07, 6.45) is 2.58. The smallest absolute Gasteiger partial charge is 0.251 e. The van der Waals surface area contributed by atoms with Crippen molar-refractivity contribution in [3.8, 4) is 5.75 Å². The van der Waals surface area contributed by atoms with Crippen LogP contribution < -0.4 is 15.0 Å². The zero-order valence-electron chi connectivity index (χ0n) is 17.2. The van der Waals surface area contributed by atoms with Crippen molar-refractivity contribution in [3.05, 3.63) is 59.7 Å². The van der Waals surface area contributed by atoms with Gasteiger partial charge in [0.25, 0.3) is 5.91 Å². The zero-order chi connectivity index (χ0) is 20.6. The van der Waals surface area contributed by atoms with Gasteiger partial charge in [-0.25, -0.2) is 0 Å². The molecule has 29 heavy (non-hydrogen) atoms.